The van der Waals surface area contributed by atoms with Gasteiger partial charge in [-0.1, -0.05) is 51.2 Å². The Morgan fingerprint density at radius 1 is 1.14 bits per heavy atom. The summed E-state index contributed by atoms with van der Waals surface area (Å²) in [7, 11) is 0. The number of benzene rings is 1. The topological polar surface area (TPSA) is 78.5 Å². The summed E-state index contributed by atoms with van der Waals surface area (Å²) in [6.45, 7) is 1.48. The van der Waals surface area contributed by atoms with Gasteiger partial charge in [0, 0.05) is 6.04 Å². The Morgan fingerprint density at radius 2 is 1.75 bits per heavy atom. The second kappa shape index (κ2) is 8.71. The Hall–Kier alpha value is -2.44. The van der Waals surface area contributed by atoms with Crippen LogP contribution in [-0.4, -0.2) is 35.3 Å². The van der Waals surface area contributed by atoms with Crippen LogP contribution in [0.15, 0.2) is 24.3 Å². The third-order valence-corrected chi connectivity index (χ3v) is 5.82. The minimum Gasteiger partial charge on any atom is -0.352 e. The molecule has 1 saturated heterocycles. The summed E-state index contributed by atoms with van der Waals surface area (Å²) < 4.78 is 13.3. The van der Waals surface area contributed by atoms with Crippen LogP contribution >= 0.6 is 0 Å². The zero-order valence-electron chi connectivity index (χ0n) is 16.3. The van der Waals surface area contributed by atoms with Gasteiger partial charge < -0.3 is 10.6 Å². The van der Waals surface area contributed by atoms with Crippen molar-refractivity contribution in [3.05, 3.63) is 35.6 Å². The van der Waals surface area contributed by atoms with E-state index in [0.29, 0.717) is 12.0 Å². The largest absolute Gasteiger partial charge is 0.352 e. The van der Waals surface area contributed by atoms with Gasteiger partial charge in [0.25, 0.3) is 5.91 Å². The highest BCUT2D eigenvalue weighted by molar-refractivity contribution is 6.09. The maximum atomic E-state index is 13.3. The number of rotatable bonds is 5. The van der Waals surface area contributed by atoms with Gasteiger partial charge in [-0.25, -0.2) is 9.18 Å². The van der Waals surface area contributed by atoms with E-state index in [1.165, 1.54) is 43.5 Å². The van der Waals surface area contributed by atoms with E-state index < -0.39 is 23.3 Å². The van der Waals surface area contributed by atoms with Gasteiger partial charge in [0.15, 0.2) is 0 Å². The van der Waals surface area contributed by atoms with Gasteiger partial charge in [0.2, 0.25) is 5.91 Å². The number of hydrogen-bond acceptors (Lipinski definition) is 3. The van der Waals surface area contributed by atoms with Crippen molar-refractivity contribution in [3.8, 4) is 0 Å². The number of nitrogens with zero attached hydrogens (tertiary/aromatic N) is 1. The zero-order valence-corrected chi connectivity index (χ0v) is 16.3. The second-order valence-corrected chi connectivity index (χ2v) is 7.70. The van der Waals surface area contributed by atoms with Crippen molar-refractivity contribution in [3.63, 3.8) is 0 Å². The average Bonchev–Trinajstić information content (AvgIpc) is 2.89. The van der Waals surface area contributed by atoms with E-state index in [4.69, 9.17) is 0 Å². The van der Waals surface area contributed by atoms with Gasteiger partial charge in [-0.05, 0) is 37.0 Å². The maximum absolute atomic E-state index is 13.3. The van der Waals surface area contributed by atoms with Gasteiger partial charge in [-0.2, -0.15) is 0 Å². The molecule has 1 saturated carbocycles. The molecule has 3 rings (SSSR count). The Morgan fingerprint density at radius 3 is 2.36 bits per heavy atom. The van der Waals surface area contributed by atoms with E-state index in [1.54, 1.807) is 6.92 Å². The van der Waals surface area contributed by atoms with E-state index in [0.717, 1.165) is 30.6 Å². The predicted octanol–water partition coefficient (Wildman–Crippen LogP) is 3.21. The van der Waals surface area contributed by atoms with Crippen LogP contribution < -0.4 is 10.6 Å². The highest BCUT2D eigenvalue weighted by Crippen LogP contribution is 2.32. The van der Waals surface area contributed by atoms with Crippen molar-refractivity contribution < 1.29 is 18.8 Å². The number of amides is 4. The zero-order chi connectivity index (χ0) is 20.1. The molecule has 1 aliphatic carbocycles. The number of carbonyl (C=O) groups is 3. The van der Waals surface area contributed by atoms with Gasteiger partial charge in [-0.15, -0.1) is 0 Å². The fourth-order valence-electron chi connectivity index (χ4n) is 4.16. The van der Waals surface area contributed by atoms with Crippen molar-refractivity contribution >= 4 is 17.8 Å². The molecule has 152 valence electrons. The minimum absolute atomic E-state index is 0.0987. The summed E-state index contributed by atoms with van der Waals surface area (Å²) in [5.74, 6) is -1.21. The lowest BCUT2D eigenvalue weighted by Crippen LogP contribution is -2.46. The molecule has 0 bridgehead atoms. The van der Waals surface area contributed by atoms with Crippen molar-refractivity contribution in [1.82, 2.24) is 15.5 Å². The van der Waals surface area contributed by atoms with E-state index in [-0.39, 0.29) is 18.5 Å². The van der Waals surface area contributed by atoms with Gasteiger partial charge >= 0.3 is 6.03 Å². The van der Waals surface area contributed by atoms with Crippen molar-refractivity contribution in [2.75, 3.05) is 6.54 Å². The summed E-state index contributed by atoms with van der Waals surface area (Å²) in [6, 6.07) is 5.02. The molecule has 0 aromatic heterocycles. The van der Waals surface area contributed by atoms with Gasteiger partial charge in [0.05, 0.1) is 0 Å². The van der Waals surface area contributed by atoms with Crippen molar-refractivity contribution in [2.24, 2.45) is 0 Å². The molecule has 2 fully saturated rings. The molecule has 28 heavy (non-hydrogen) atoms. The second-order valence-electron chi connectivity index (χ2n) is 7.70. The Bertz CT molecular complexity index is 729. The lowest BCUT2D eigenvalue weighted by molar-refractivity contribution is -0.135. The third kappa shape index (κ3) is 4.18. The number of halogens is 1. The SMILES string of the molecule is CCC1(c2ccc(F)cc2)NC(=O)N(CC(=O)NC2CCCCCCC2)C1=O. The quantitative estimate of drug-likeness (QED) is 0.759. The van der Waals surface area contributed by atoms with Crippen LogP contribution in [0.5, 0.6) is 0 Å². The van der Waals surface area contributed by atoms with E-state index >= 15 is 0 Å². The average molecular weight is 389 g/mol. The van der Waals surface area contributed by atoms with E-state index in [2.05, 4.69) is 10.6 Å². The molecule has 1 aromatic rings. The highest BCUT2D eigenvalue weighted by Gasteiger charge is 2.51. The van der Waals surface area contributed by atoms with Crippen LogP contribution in [-0.2, 0) is 15.1 Å². The summed E-state index contributed by atoms with van der Waals surface area (Å²) in [5, 5.41) is 5.70. The first-order valence-electron chi connectivity index (χ1n) is 10.2. The Kier molecular flexibility index (Phi) is 6.31. The third-order valence-electron chi connectivity index (χ3n) is 5.82. The monoisotopic (exact) mass is 389 g/mol. The molecule has 0 spiro atoms. The highest BCUT2D eigenvalue weighted by atomic mass is 19.1. The van der Waals surface area contributed by atoms with Gasteiger partial charge in [-0.3, -0.25) is 14.5 Å². The smallest absolute Gasteiger partial charge is 0.325 e. The molecular weight excluding hydrogens is 361 g/mol. The number of urea groups is 1. The van der Waals surface area contributed by atoms with Crippen molar-refractivity contribution in [1.29, 1.82) is 0 Å². The van der Waals surface area contributed by atoms with E-state index in [9.17, 15) is 18.8 Å². The number of hydrogen-bond donors (Lipinski definition) is 2. The van der Waals surface area contributed by atoms with Crippen molar-refractivity contribution in [2.45, 2.75) is 69.9 Å². The summed E-state index contributed by atoms with van der Waals surface area (Å²) in [5.41, 5.74) is -0.747. The molecule has 1 heterocycles. The van der Waals surface area contributed by atoms with Crippen LogP contribution in [0.4, 0.5) is 9.18 Å². The number of imide groups is 1. The fourth-order valence-corrected chi connectivity index (χ4v) is 4.16. The van der Waals surface area contributed by atoms with Crippen LogP contribution in [0.25, 0.3) is 0 Å². The molecule has 2 aliphatic rings. The van der Waals surface area contributed by atoms with Crippen LogP contribution in [0.2, 0.25) is 0 Å². The van der Waals surface area contributed by atoms with Crippen LogP contribution in [0.1, 0.15) is 63.9 Å². The molecule has 1 aromatic carbocycles. The van der Waals surface area contributed by atoms with E-state index in [1.807, 2.05) is 0 Å². The lowest BCUT2D eigenvalue weighted by atomic mass is 9.87. The first kappa shape index (κ1) is 20.3. The fraction of sp³-hybridized carbons (Fsp3) is 0.571. The molecule has 2 N–H and O–H groups in total. The molecule has 7 heteroatoms. The molecule has 0 radical (unpaired) electrons. The number of nitrogens with one attached hydrogen (secondary N) is 2. The molecule has 1 aliphatic heterocycles. The molecule has 1 unspecified atom stereocenters. The first-order chi connectivity index (χ1) is 13.5. The standard InChI is InChI=1S/C21H28FN3O3/c1-2-21(15-10-12-16(22)13-11-15)19(27)25(20(28)24-21)14-18(26)23-17-8-6-4-3-5-7-9-17/h10-13,17H,2-9,14H2,1H3,(H,23,26)(H,24,28). The molecular formula is C21H28FN3O3. The van der Waals surface area contributed by atoms with Gasteiger partial charge in [0.1, 0.15) is 17.9 Å². The van der Waals surface area contributed by atoms with Crippen LogP contribution in [0.3, 0.4) is 0 Å². The minimum atomic E-state index is -1.26. The Balaban J connectivity index is 1.68. The predicted molar refractivity (Wildman–Crippen MR) is 103 cm³/mol. The Labute approximate surface area is 164 Å². The summed E-state index contributed by atoms with van der Waals surface area (Å²) in [6.07, 6.45) is 7.93. The summed E-state index contributed by atoms with van der Waals surface area (Å²) in [4.78, 5) is 39.0. The normalized spacial score (nSPS) is 23.9. The lowest BCUT2D eigenvalue weighted by Gasteiger charge is -2.26. The van der Waals surface area contributed by atoms with Crippen LogP contribution in [0, 0.1) is 5.82 Å². The molecule has 4 amide bonds. The maximum Gasteiger partial charge on any atom is 0.325 e. The summed E-state index contributed by atoms with van der Waals surface area (Å²) >= 11 is 0. The molecule has 6 nitrogen and oxygen atoms in total. The number of carbonyl (C=O) groups excluding carboxylic acids is 3. The first-order valence-corrected chi connectivity index (χ1v) is 10.2. The molecule has 1 atom stereocenters.